The Hall–Kier alpha value is -2.25. The van der Waals surface area contributed by atoms with Crippen LogP contribution in [0.2, 0.25) is 0 Å². The first-order chi connectivity index (χ1) is 12.8. The van der Waals surface area contributed by atoms with Crippen LogP contribution >= 0.6 is 0 Å². The van der Waals surface area contributed by atoms with Crippen molar-refractivity contribution in [3.63, 3.8) is 0 Å². The molecule has 26 heavy (non-hydrogen) atoms. The molecule has 1 saturated heterocycles. The number of carbonyl (C=O) groups excluding carboxylic acids is 1. The number of amides is 1. The van der Waals surface area contributed by atoms with E-state index in [1.165, 1.54) is 0 Å². The molecule has 2 N–H and O–H groups in total. The number of fused-ring (bicyclic) bond motifs is 1. The first-order valence-corrected chi connectivity index (χ1v) is 9.39. The Balaban J connectivity index is 1.47. The summed E-state index contributed by atoms with van der Waals surface area (Å²) >= 11 is 0. The molecule has 2 aromatic rings. The minimum atomic E-state index is -0.0912. The number of carbonyl (C=O) groups is 1. The number of nitrogens with zero attached hydrogens (tertiary/aromatic N) is 3. The van der Waals surface area contributed by atoms with Crippen LogP contribution in [-0.4, -0.2) is 58.8 Å². The third-order valence-electron chi connectivity index (χ3n) is 5.28. The fourth-order valence-electron chi connectivity index (χ4n) is 3.86. The van der Waals surface area contributed by atoms with Gasteiger partial charge in [0.25, 0.3) is 5.91 Å². The molecule has 7 heteroatoms. The molecule has 2 aliphatic rings. The highest BCUT2D eigenvalue weighted by molar-refractivity contribution is 5.94. The minimum absolute atomic E-state index is 0.0892. The lowest BCUT2D eigenvalue weighted by molar-refractivity contribution is 0.0161. The highest BCUT2D eigenvalue weighted by Gasteiger charge is 2.26. The summed E-state index contributed by atoms with van der Waals surface area (Å²) < 4.78 is 5.47. The van der Waals surface area contributed by atoms with E-state index >= 15 is 0 Å². The number of aromatic amines is 1. The fourth-order valence-corrected chi connectivity index (χ4v) is 3.86. The van der Waals surface area contributed by atoms with E-state index in [-0.39, 0.29) is 11.9 Å². The van der Waals surface area contributed by atoms with Crippen molar-refractivity contribution >= 4 is 5.91 Å². The zero-order chi connectivity index (χ0) is 17.8. The predicted molar refractivity (Wildman–Crippen MR) is 96.9 cm³/mol. The molecule has 4 rings (SSSR count). The van der Waals surface area contributed by atoms with Crippen LogP contribution < -0.4 is 5.32 Å². The normalized spacial score (nSPS) is 18.9. The molecule has 1 aliphatic carbocycles. The summed E-state index contributed by atoms with van der Waals surface area (Å²) in [6.45, 7) is 3.68. The maximum atomic E-state index is 12.7. The average molecular weight is 355 g/mol. The maximum Gasteiger partial charge on any atom is 0.272 e. The summed E-state index contributed by atoms with van der Waals surface area (Å²) in [5.74, 6) is -0.0912. The molecule has 3 heterocycles. The largest absolute Gasteiger partial charge is 0.379 e. The lowest BCUT2D eigenvalue weighted by Crippen LogP contribution is -2.44. The van der Waals surface area contributed by atoms with Gasteiger partial charge in [-0.15, -0.1) is 0 Å². The van der Waals surface area contributed by atoms with Crippen LogP contribution in [0, 0.1) is 0 Å². The number of aromatic nitrogens is 3. The number of H-pyrrole nitrogens is 1. The average Bonchev–Trinajstić information content (AvgIpc) is 3.14. The summed E-state index contributed by atoms with van der Waals surface area (Å²) in [6.07, 6.45) is 7.86. The molecule has 0 bridgehead atoms. The molecule has 1 fully saturated rings. The van der Waals surface area contributed by atoms with Crippen LogP contribution in [0.25, 0.3) is 0 Å². The number of nitrogens with one attached hydrogen (secondary N) is 2. The minimum Gasteiger partial charge on any atom is -0.379 e. The van der Waals surface area contributed by atoms with Crippen LogP contribution in [0.1, 0.15) is 46.2 Å². The SMILES string of the molecule is O=C(NC[C@@H](c1cccnc1)N1CCOCC1)c1n[nH]c2c1CCCC2. The zero-order valence-electron chi connectivity index (χ0n) is 14.9. The van der Waals surface area contributed by atoms with Crippen molar-refractivity contribution in [1.29, 1.82) is 0 Å². The molecule has 0 saturated carbocycles. The molecular formula is C19H25N5O2. The Kier molecular flexibility index (Phi) is 5.26. The molecule has 0 spiro atoms. The van der Waals surface area contributed by atoms with Crippen LogP contribution in [0.15, 0.2) is 24.5 Å². The van der Waals surface area contributed by atoms with Gasteiger partial charge in [-0.3, -0.25) is 19.8 Å². The van der Waals surface area contributed by atoms with Crippen molar-refractivity contribution in [2.75, 3.05) is 32.8 Å². The molecule has 0 aromatic carbocycles. The molecule has 138 valence electrons. The number of hydrogen-bond donors (Lipinski definition) is 2. The topological polar surface area (TPSA) is 83.1 Å². The monoisotopic (exact) mass is 355 g/mol. The summed E-state index contributed by atoms with van der Waals surface area (Å²) in [5, 5.41) is 10.4. The third kappa shape index (κ3) is 3.64. The second kappa shape index (κ2) is 7.97. The van der Waals surface area contributed by atoms with E-state index in [1.807, 2.05) is 12.3 Å². The fraction of sp³-hybridized carbons (Fsp3) is 0.526. The molecule has 0 radical (unpaired) electrons. The van der Waals surface area contributed by atoms with Gasteiger partial charge in [-0.05, 0) is 37.3 Å². The van der Waals surface area contributed by atoms with Crippen molar-refractivity contribution in [2.45, 2.75) is 31.7 Å². The van der Waals surface area contributed by atoms with Gasteiger partial charge in [0.15, 0.2) is 5.69 Å². The standard InChI is InChI=1S/C19H25N5O2/c25-19(18-15-5-1-2-6-16(15)22-23-18)21-13-17(14-4-3-7-20-12-14)24-8-10-26-11-9-24/h3-4,7,12,17H,1-2,5-6,8-11,13H2,(H,21,25)(H,22,23)/t17-/m0/s1. The molecule has 2 aromatic heterocycles. The molecule has 0 unspecified atom stereocenters. The highest BCUT2D eigenvalue weighted by Crippen LogP contribution is 2.23. The van der Waals surface area contributed by atoms with Gasteiger partial charge in [0, 0.05) is 43.3 Å². The molecule has 1 aliphatic heterocycles. The van der Waals surface area contributed by atoms with Gasteiger partial charge in [0.05, 0.1) is 19.3 Å². The lowest BCUT2D eigenvalue weighted by Gasteiger charge is -2.34. The van der Waals surface area contributed by atoms with Crippen LogP contribution in [0.3, 0.4) is 0 Å². The van der Waals surface area contributed by atoms with E-state index in [4.69, 9.17) is 4.74 Å². The van der Waals surface area contributed by atoms with E-state index in [9.17, 15) is 4.79 Å². The smallest absolute Gasteiger partial charge is 0.272 e. The van der Waals surface area contributed by atoms with Crippen molar-refractivity contribution in [2.24, 2.45) is 0 Å². The molecule has 1 atom stereocenters. The van der Waals surface area contributed by atoms with E-state index in [0.717, 1.165) is 68.8 Å². The Labute approximate surface area is 153 Å². The Morgan fingerprint density at radius 1 is 1.31 bits per heavy atom. The van der Waals surface area contributed by atoms with Gasteiger partial charge in [0.1, 0.15) is 0 Å². The predicted octanol–water partition coefficient (Wildman–Crippen LogP) is 1.49. The first kappa shape index (κ1) is 17.2. The Bertz CT molecular complexity index is 740. The molecular weight excluding hydrogens is 330 g/mol. The van der Waals surface area contributed by atoms with E-state index < -0.39 is 0 Å². The third-order valence-corrected chi connectivity index (χ3v) is 5.28. The number of morpholine rings is 1. The van der Waals surface area contributed by atoms with Gasteiger partial charge in [-0.1, -0.05) is 6.07 Å². The van der Waals surface area contributed by atoms with Gasteiger partial charge >= 0.3 is 0 Å². The van der Waals surface area contributed by atoms with E-state index in [0.29, 0.717) is 12.2 Å². The van der Waals surface area contributed by atoms with E-state index in [1.54, 1.807) is 6.20 Å². The maximum absolute atomic E-state index is 12.7. The van der Waals surface area contributed by atoms with Crippen LogP contribution in [0.5, 0.6) is 0 Å². The zero-order valence-corrected chi connectivity index (χ0v) is 14.9. The Morgan fingerprint density at radius 2 is 2.15 bits per heavy atom. The van der Waals surface area contributed by atoms with Gasteiger partial charge in [0.2, 0.25) is 0 Å². The second-order valence-corrected chi connectivity index (χ2v) is 6.90. The van der Waals surface area contributed by atoms with Gasteiger partial charge < -0.3 is 10.1 Å². The van der Waals surface area contributed by atoms with Crippen molar-refractivity contribution < 1.29 is 9.53 Å². The number of ether oxygens (including phenoxy) is 1. The van der Waals surface area contributed by atoms with Gasteiger partial charge in [-0.25, -0.2) is 0 Å². The van der Waals surface area contributed by atoms with Gasteiger partial charge in [-0.2, -0.15) is 5.10 Å². The van der Waals surface area contributed by atoms with Crippen molar-refractivity contribution in [1.82, 2.24) is 25.4 Å². The highest BCUT2D eigenvalue weighted by atomic mass is 16.5. The Morgan fingerprint density at radius 3 is 2.96 bits per heavy atom. The number of rotatable bonds is 5. The molecule has 1 amide bonds. The molecule has 7 nitrogen and oxygen atoms in total. The number of hydrogen-bond acceptors (Lipinski definition) is 5. The van der Waals surface area contributed by atoms with Crippen molar-refractivity contribution in [3.8, 4) is 0 Å². The lowest BCUT2D eigenvalue weighted by atomic mass is 9.95. The summed E-state index contributed by atoms with van der Waals surface area (Å²) in [7, 11) is 0. The summed E-state index contributed by atoms with van der Waals surface area (Å²) in [5.41, 5.74) is 3.89. The number of aryl methyl sites for hydroxylation is 1. The van der Waals surface area contributed by atoms with E-state index in [2.05, 4.69) is 31.5 Å². The van der Waals surface area contributed by atoms with Crippen molar-refractivity contribution in [3.05, 3.63) is 47.0 Å². The van der Waals surface area contributed by atoms with Crippen LogP contribution in [0.4, 0.5) is 0 Å². The second-order valence-electron chi connectivity index (χ2n) is 6.90. The first-order valence-electron chi connectivity index (χ1n) is 9.39. The van der Waals surface area contributed by atoms with Crippen LogP contribution in [-0.2, 0) is 17.6 Å². The summed E-state index contributed by atoms with van der Waals surface area (Å²) in [6, 6.07) is 4.09. The summed E-state index contributed by atoms with van der Waals surface area (Å²) in [4.78, 5) is 19.3. The number of pyridine rings is 1. The quantitative estimate of drug-likeness (QED) is 0.849.